The predicted octanol–water partition coefficient (Wildman–Crippen LogP) is 2.26. The molecule has 1 unspecified atom stereocenters. The third-order valence-corrected chi connectivity index (χ3v) is 3.38. The number of carbonyl (C=O) groups excluding carboxylic acids is 1. The SMILES string of the molecule is CC(C)(C)NC(=O)C1CCCN(c2ncc(Cl)cn2)C1. The molecule has 1 fully saturated rings. The maximum absolute atomic E-state index is 12.2. The van der Waals surface area contributed by atoms with Gasteiger partial charge in [-0.05, 0) is 33.6 Å². The van der Waals surface area contributed by atoms with Gasteiger partial charge in [0.15, 0.2) is 0 Å². The van der Waals surface area contributed by atoms with E-state index in [1.54, 1.807) is 12.4 Å². The number of halogens is 1. The summed E-state index contributed by atoms with van der Waals surface area (Å²) >= 11 is 5.79. The number of carbonyl (C=O) groups is 1. The number of anilines is 1. The van der Waals surface area contributed by atoms with E-state index in [0.29, 0.717) is 17.5 Å². The number of aromatic nitrogens is 2. The van der Waals surface area contributed by atoms with Gasteiger partial charge in [-0.1, -0.05) is 11.6 Å². The van der Waals surface area contributed by atoms with Crippen LogP contribution in [0.5, 0.6) is 0 Å². The highest BCUT2D eigenvalue weighted by Gasteiger charge is 2.28. The highest BCUT2D eigenvalue weighted by atomic mass is 35.5. The zero-order chi connectivity index (χ0) is 14.8. The average Bonchev–Trinajstić information content (AvgIpc) is 2.38. The van der Waals surface area contributed by atoms with Gasteiger partial charge in [-0.3, -0.25) is 4.79 Å². The number of hydrogen-bond acceptors (Lipinski definition) is 4. The Morgan fingerprint density at radius 1 is 1.40 bits per heavy atom. The van der Waals surface area contributed by atoms with Crippen molar-refractivity contribution in [2.45, 2.75) is 39.2 Å². The Morgan fingerprint density at radius 3 is 2.65 bits per heavy atom. The summed E-state index contributed by atoms with van der Waals surface area (Å²) in [5, 5.41) is 3.56. The van der Waals surface area contributed by atoms with Crippen molar-refractivity contribution >= 4 is 23.5 Å². The number of rotatable bonds is 2. The fourth-order valence-corrected chi connectivity index (χ4v) is 2.41. The Bertz CT molecular complexity index is 469. The molecule has 1 aromatic rings. The van der Waals surface area contributed by atoms with Gasteiger partial charge in [0.25, 0.3) is 0 Å². The summed E-state index contributed by atoms with van der Waals surface area (Å²) in [7, 11) is 0. The molecule has 5 nitrogen and oxygen atoms in total. The third-order valence-electron chi connectivity index (χ3n) is 3.18. The van der Waals surface area contributed by atoms with Crippen LogP contribution in [-0.4, -0.2) is 34.5 Å². The lowest BCUT2D eigenvalue weighted by atomic mass is 9.96. The fourth-order valence-electron chi connectivity index (χ4n) is 2.31. The van der Waals surface area contributed by atoms with Crippen molar-refractivity contribution < 1.29 is 4.79 Å². The van der Waals surface area contributed by atoms with Gasteiger partial charge >= 0.3 is 0 Å². The molecule has 0 spiro atoms. The Kier molecular flexibility index (Phi) is 4.48. The molecule has 1 saturated heterocycles. The van der Waals surface area contributed by atoms with Gasteiger partial charge in [-0.2, -0.15) is 0 Å². The molecule has 0 radical (unpaired) electrons. The minimum Gasteiger partial charge on any atom is -0.351 e. The van der Waals surface area contributed by atoms with Crippen LogP contribution in [0.3, 0.4) is 0 Å². The molecular weight excluding hydrogens is 276 g/mol. The van der Waals surface area contributed by atoms with Crippen LogP contribution in [0, 0.1) is 5.92 Å². The molecule has 2 rings (SSSR count). The van der Waals surface area contributed by atoms with Crippen LogP contribution in [0.2, 0.25) is 5.02 Å². The molecule has 1 N–H and O–H groups in total. The summed E-state index contributed by atoms with van der Waals surface area (Å²) < 4.78 is 0. The second-order valence-electron chi connectivity index (χ2n) is 6.23. The quantitative estimate of drug-likeness (QED) is 0.909. The van der Waals surface area contributed by atoms with Crippen molar-refractivity contribution in [1.29, 1.82) is 0 Å². The monoisotopic (exact) mass is 296 g/mol. The van der Waals surface area contributed by atoms with E-state index in [1.807, 2.05) is 25.7 Å². The van der Waals surface area contributed by atoms with Gasteiger partial charge in [0.05, 0.1) is 23.3 Å². The second kappa shape index (κ2) is 5.95. The summed E-state index contributed by atoms with van der Waals surface area (Å²) in [5.41, 5.74) is -0.198. The van der Waals surface area contributed by atoms with E-state index in [4.69, 9.17) is 11.6 Å². The minimum absolute atomic E-state index is 0.0118. The Balaban J connectivity index is 2.01. The van der Waals surface area contributed by atoms with E-state index in [-0.39, 0.29) is 17.4 Å². The van der Waals surface area contributed by atoms with Crippen molar-refractivity contribution in [1.82, 2.24) is 15.3 Å². The van der Waals surface area contributed by atoms with Gasteiger partial charge in [0, 0.05) is 18.6 Å². The van der Waals surface area contributed by atoms with E-state index < -0.39 is 0 Å². The number of hydrogen-bond donors (Lipinski definition) is 1. The van der Waals surface area contributed by atoms with E-state index in [9.17, 15) is 4.79 Å². The summed E-state index contributed by atoms with van der Waals surface area (Å²) in [6, 6.07) is 0. The lowest BCUT2D eigenvalue weighted by Crippen LogP contribution is -2.49. The molecule has 110 valence electrons. The van der Waals surface area contributed by atoms with Crippen molar-refractivity contribution in [3.8, 4) is 0 Å². The number of piperidine rings is 1. The first-order valence-electron chi connectivity index (χ1n) is 6.90. The highest BCUT2D eigenvalue weighted by Crippen LogP contribution is 2.21. The van der Waals surface area contributed by atoms with E-state index >= 15 is 0 Å². The first kappa shape index (κ1) is 15.0. The smallest absolute Gasteiger partial charge is 0.225 e. The predicted molar refractivity (Wildman–Crippen MR) is 79.9 cm³/mol. The van der Waals surface area contributed by atoms with Crippen LogP contribution in [0.1, 0.15) is 33.6 Å². The highest BCUT2D eigenvalue weighted by molar-refractivity contribution is 6.30. The molecule has 1 aromatic heterocycles. The van der Waals surface area contributed by atoms with Crippen LogP contribution in [-0.2, 0) is 4.79 Å². The number of nitrogens with one attached hydrogen (secondary N) is 1. The molecule has 1 atom stereocenters. The first-order valence-corrected chi connectivity index (χ1v) is 7.27. The zero-order valence-electron chi connectivity index (χ0n) is 12.2. The Labute approximate surface area is 124 Å². The second-order valence-corrected chi connectivity index (χ2v) is 6.66. The van der Waals surface area contributed by atoms with Crippen molar-refractivity contribution in [3.05, 3.63) is 17.4 Å². The number of nitrogens with zero attached hydrogens (tertiary/aromatic N) is 3. The van der Waals surface area contributed by atoms with Gasteiger partial charge in [-0.25, -0.2) is 9.97 Å². The van der Waals surface area contributed by atoms with Crippen molar-refractivity contribution in [2.24, 2.45) is 5.92 Å². The third kappa shape index (κ3) is 4.07. The maximum Gasteiger partial charge on any atom is 0.225 e. The molecule has 0 saturated carbocycles. The van der Waals surface area contributed by atoms with Crippen LogP contribution < -0.4 is 10.2 Å². The standard InChI is InChI=1S/C14H21ClN4O/c1-14(2,3)18-12(20)10-5-4-6-19(9-10)13-16-7-11(15)8-17-13/h7-8,10H,4-6,9H2,1-3H3,(H,18,20). The fraction of sp³-hybridized carbons (Fsp3) is 0.643. The number of amides is 1. The van der Waals surface area contributed by atoms with Crippen LogP contribution in [0.4, 0.5) is 5.95 Å². The summed E-state index contributed by atoms with van der Waals surface area (Å²) in [5.74, 6) is 0.737. The molecule has 1 aliphatic heterocycles. The average molecular weight is 297 g/mol. The van der Waals surface area contributed by atoms with Gasteiger partial charge in [0.1, 0.15) is 0 Å². The van der Waals surface area contributed by atoms with Crippen LogP contribution in [0.25, 0.3) is 0 Å². The molecule has 1 amide bonds. The molecular formula is C14H21ClN4O. The lowest BCUT2D eigenvalue weighted by Gasteiger charge is -2.33. The normalized spacial score (nSPS) is 19.8. The molecule has 0 aromatic carbocycles. The topological polar surface area (TPSA) is 58.1 Å². The summed E-state index contributed by atoms with van der Waals surface area (Å²) in [6.45, 7) is 7.51. The van der Waals surface area contributed by atoms with Gasteiger partial charge in [-0.15, -0.1) is 0 Å². The van der Waals surface area contributed by atoms with E-state index in [0.717, 1.165) is 19.4 Å². The van der Waals surface area contributed by atoms with Crippen molar-refractivity contribution in [2.75, 3.05) is 18.0 Å². The van der Waals surface area contributed by atoms with E-state index in [1.165, 1.54) is 0 Å². The first-order chi connectivity index (χ1) is 9.35. The van der Waals surface area contributed by atoms with Gasteiger partial charge < -0.3 is 10.2 Å². The molecule has 0 bridgehead atoms. The summed E-state index contributed by atoms with van der Waals surface area (Å²) in [6.07, 6.45) is 5.05. The van der Waals surface area contributed by atoms with Crippen molar-refractivity contribution in [3.63, 3.8) is 0 Å². The Morgan fingerprint density at radius 2 is 2.05 bits per heavy atom. The van der Waals surface area contributed by atoms with Crippen LogP contribution in [0.15, 0.2) is 12.4 Å². The zero-order valence-corrected chi connectivity index (χ0v) is 12.9. The molecule has 20 heavy (non-hydrogen) atoms. The maximum atomic E-state index is 12.2. The van der Waals surface area contributed by atoms with Crippen LogP contribution >= 0.6 is 11.6 Å². The molecule has 1 aliphatic rings. The minimum atomic E-state index is -0.198. The van der Waals surface area contributed by atoms with E-state index in [2.05, 4.69) is 15.3 Å². The largest absolute Gasteiger partial charge is 0.351 e. The molecule has 0 aliphatic carbocycles. The summed E-state index contributed by atoms with van der Waals surface area (Å²) in [4.78, 5) is 22.7. The molecule has 6 heteroatoms. The lowest BCUT2D eigenvalue weighted by molar-refractivity contribution is -0.126. The van der Waals surface area contributed by atoms with Gasteiger partial charge in [0.2, 0.25) is 11.9 Å². The Hall–Kier alpha value is -1.36. The molecule has 2 heterocycles.